The molecule has 18 heavy (non-hydrogen) atoms. The molecule has 0 radical (unpaired) electrons. The Labute approximate surface area is 115 Å². The SMILES string of the molecule is COc1ccc(Cl)c(NCC2CCCC(C)C2)c1. The van der Waals surface area contributed by atoms with Crippen LogP contribution in [0.2, 0.25) is 5.02 Å². The summed E-state index contributed by atoms with van der Waals surface area (Å²) in [6, 6.07) is 5.73. The average molecular weight is 268 g/mol. The predicted molar refractivity (Wildman–Crippen MR) is 77.6 cm³/mol. The Morgan fingerprint density at radius 2 is 2.22 bits per heavy atom. The van der Waals surface area contributed by atoms with Crippen LogP contribution in [-0.2, 0) is 0 Å². The molecule has 100 valence electrons. The molecule has 0 saturated heterocycles. The summed E-state index contributed by atoms with van der Waals surface area (Å²) in [5.74, 6) is 2.49. The van der Waals surface area contributed by atoms with Crippen molar-refractivity contribution in [3.63, 3.8) is 0 Å². The van der Waals surface area contributed by atoms with Crippen LogP contribution in [0.1, 0.15) is 32.6 Å². The number of rotatable bonds is 4. The molecule has 3 heteroatoms. The summed E-state index contributed by atoms with van der Waals surface area (Å²) in [5, 5.41) is 4.23. The molecular formula is C15H22ClNO. The molecule has 1 aliphatic carbocycles. The fourth-order valence-electron chi connectivity index (χ4n) is 2.77. The summed E-state index contributed by atoms with van der Waals surface area (Å²) in [6.07, 6.45) is 5.41. The van der Waals surface area contributed by atoms with Crippen LogP contribution in [0.3, 0.4) is 0 Å². The first kappa shape index (κ1) is 13.5. The molecule has 0 heterocycles. The van der Waals surface area contributed by atoms with Gasteiger partial charge in [0.25, 0.3) is 0 Å². The average Bonchev–Trinajstić information content (AvgIpc) is 2.38. The molecule has 0 aromatic heterocycles. The van der Waals surface area contributed by atoms with Crippen molar-refractivity contribution in [1.82, 2.24) is 0 Å². The van der Waals surface area contributed by atoms with Gasteiger partial charge in [-0.3, -0.25) is 0 Å². The van der Waals surface area contributed by atoms with Gasteiger partial charge in [0.1, 0.15) is 5.75 Å². The number of hydrogen-bond donors (Lipinski definition) is 1. The Morgan fingerprint density at radius 1 is 1.39 bits per heavy atom. The molecule has 2 nitrogen and oxygen atoms in total. The Balaban J connectivity index is 1.92. The quantitative estimate of drug-likeness (QED) is 0.862. The molecule has 2 unspecified atom stereocenters. The zero-order chi connectivity index (χ0) is 13.0. The molecule has 2 rings (SSSR count). The van der Waals surface area contributed by atoms with Gasteiger partial charge in [0, 0.05) is 12.6 Å². The number of ether oxygens (including phenoxy) is 1. The van der Waals surface area contributed by atoms with Gasteiger partial charge in [-0.25, -0.2) is 0 Å². The molecule has 0 bridgehead atoms. The van der Waals surface area contributed by atoms with Crippen LogP contribution in [0.4, 0.5) is 5.69 Å². The van der Waals surface area contributed by atoms with Crippen LogP contribution >= 0.6 is 11.6 Å². The topological polar surface area (TPSA) is 21.3 Å². The van der Waals surface area contributed by atoms with Gasteiger partial charge in [-0.05, 0) is 36.8 Å². The highest BCUT2D eigenvalue weighted by Gasteiger charge is 2.18. The first-order valence-electron chi connectivity index (χ1n) is 6.76. The Hall–Kier alpha value is -0.890. The standard InChI is InChI=1S/C15H22ClNO/c1-11-4-3-5-12(8-11)10-17-15-9-13(18-2)6-7-14(15)16/h6-7,9,11-12,17H,3-5,8,10H2,1-2H3. The first-order chi connectivity index (χ1) is 8.69. The number of anilines is 1. The Morgan fingerprint density at radius 3 is 2.94 bits per heavy atom. The van der Waals surface area contributed by atoms with E-state index < -0.39 is 0 Å². The van der Waals surface area contributed by atoms with Gasteiger partial charge >= 0.3 is 0 Å². The van der Waals surface area contributed by atoms with Crippen LogP contribution in [-0.4, -0.2) is 13.7 Å². The van der Waals surface area contributed by atoms with E-state index in [4.69, 9.17) is 16.3 Å². The fourth-order valence-corrected chi connectivity index (χ4v) is 2.95. The van der Waals surface area contributed by atoms with Crippen molar-refractivity contribution in [3.8, 4) is 5.75 Å². The molecule has 2 atom stereocenters. The minimum absolute atomic E-state index is 0.764. The molecule has 1 aliphatic rings. The summed E-state index contributed by atoms with van der Waals surface area (Å²) in [4.78, 5) is 0. The molecule has 1 aromatic rings. The van der Waals surface area contributed by atoms with Gasteiger partial charge in [-0.15, -0.1) is 0 Å². The molecular weight excluding hydrogens is 246 g/mol. The van der Waals surface area contributed by atoms with E-state index in [-0.39, 0.29) is 0 Å². The molecule has 0 amide bonds. The van der Waals surface area contributed by atoms with Crippen LogP contribution in [0.25, 0.3) is 0 Å². The van der Waals surface area contributed by atoms with E-state index in [0.29, 0.717) is 0 Å². The van der Waals surface area contributed by atoms with Gasteiger partial charge in [0.05, 0.1) is 17.8 Å². The van der Waals surface area contributed by atoms with E-state index in [9.17, 15) is 0 Å². The van der Waals surface area contributed by atoms with E-state index >= 15 is 0 Å². The van der Waals surface area contributed by atoms with Crippen LogP contribution in [0.15, 0.2) is 18.2 Å². The molecule has 1 aromatic carbocycles. The van der Waals surface area contributed by atoms with Gasteiger partial charge in [-0.2, -0.15) is 0 Å². The van der Waals surface area contributed by atoms with Crippen molar-refractivity contribution in [3.05, 3.63) is 23.2 Å². The third-order valence-corrected chi connectivity index (χ3v) is 4.13. The van der Waals surface area contributed by atoms with Crippen molar-refractivity contribution >= 4 is 17.3 Å². The third kappa shape index (κ3) is 3.55. The molecule has 1 N–H and O–H groups in total. The number of methoxy groups -OCH3 is 1. The lowest BCUT2D eigenvalue weighted by Crippen LogP contribution is -2.21. The summed E-state index contributed by atoms with van der Waals surface area (Å²) in [6.45, 7) is 3.36. The number of benzene rings is 1. The van der Waals surface area contributed by atoms with Crippen LogP contribution in [0.5, 0.6) is 5.75 Å². The monoisotopic (exact) mass is 267 g/mol. The lowest BCUT2D eigenvalue weighted by Gasteiger charge is -2.27. The Kier molecular flexibility index (Phi) is 4.76. The lowest BCUT2D eigenvalue weighted by atomic mass is 9.82. The van der Waals surface area contributed by atoms with Crippen molar-refractivity contribution in [2.45, 2.75) is 32.6 Å². The van der Waals surface area contributed by atoms with Gasteiger partial charge in [0.15, 0.2) is 0 Å². The number of nitrogens with one attached hydrogen (secondary N) is 1. The second-order valence-corrected chi connectivity index (χ2v) is 5.77. The zero-order valence-corrected chi connectivity index (χ0v) is 12.0. The van der Waals surface area contributed by atoms with Crippen molar-refractivity contribution in [1.29, 1.82) is 0 Å². The maximum atomic E-state index is 6.18. The summed E-state index contributed by atoms with van der Waals surface area (Å²) in [5.41, 5.74) is 0.981. The normalized spacial score (nSPS) is 23.7. The largest absolute Gasteiger partial charge is 0.497 e. The van der Waals surface area contributed by atoms with E-state index in [1.807, 2.05) is 18.2 Å². The zero-order valence-electron chi connectivity index (χ0n) is 11.2. The summed E-state index contributed by atoms with van der Waals surface area (Å²) >= 11 is 6.18. The third-order valence-electron chi connectivity index (χ3n) is 3.80. The van der Waals surface area contributed by atoms with Crippen LogP contribution in [0, 0.1) is 11.8 Å². The minimum Gasteiger partial charge on any atom is -0.497 e. The highest BCUT2D eigenvalue weighted by atomic mass is 35.5. The maximum absolute atomic E-state index is 6.18. The van der Waals surface area contributed by atoms with E-state index in [1.54, 1.807) is 7.11 Å². The molecule has 1 fully saturated rings. The summed E-state index contributed by atoms with van der Waals surface area (Å²) < 4.78 is 5.22. The predicted octanol–water partition coefficient (Wildman–Crippen LogP) is 4.59. The second-order valence-electron chi connectivity index (χ2n) is 5.36. The van der Waals surface area contributed by atoms with Gasteiger partial charge in [0.2, 0.25) is 0 Å². The second kappa shape index (κ2) is 6.33. The van der Waals surface area contributed by atoms with Gasteiger partial charge < -0.3 is 10.1 Å². The molecule has 0 spiro atoms. The molecule has 0 aliphatic heterocycles. The highest BCUT2D eigenvalue weighted by Crippen LogP contribution is 2.31. The van der Waals surface area contributed by atoms with E-state index in [2.05, 4.69) is 12.2 Å². The van der Waals surface area contributed by atoms with Gasteiger partial charge in [-0.1, -0.05) is 31.4 Å². The number of hydrogen-bond acceptors (Lipinski definition) is 2. The van der Waals surface area contributed by atoms with Crippen molar-refractivity contribution in [2.24, 2.45) is 11.8 Å². The summed E-state index contributed by atoms with van der Waals surface area (Å²) in [7, 11) is 1.68. The van der Waals surface area contributed by atoms with Crippen molar-refractivity contribution < 1.29 is 4.74 Å². The fraction of sp³-hybridized carbons (Fsp3) is 0.600. The lowest BCUT2D eigenvalue weighted by molar-refractivity contribution is 0.293. The van der Waals surface area contributed by atoms with Crippen molar-refractivity contribution in [2.75, 3.05) is 19.0 Å². The van der Waals surface area contributed by atoms with E-state index in [1.165, 1.54) is 25.7 Å². The van der Waals surface area contributed by atoms with E-state index in [0.717, 1.165) is 34.8 Å². The maximum Gasteiger partial charge on any atom is 0.121 e. The minimum atomic E-state index is 0.764. The molecule has 1 saturated carbocycles. The first-order valence-corrected chi connectivity index (χ1v) is 7.14. The highest BCUT2D eigenvalue weighted by molar-refractivity contribution is 6.33. The number of halogens is 1. The van der Waals surface area contributed by atoms with Crippen LogP contribution < -0.4 is 10.1 Å². The Bertz CT molecular complexity index is 394. The smallest absolute Gasteiger partial charge is 0.121 e.